The Labute approximate surface area is 197 Å². The third kappa shape index (κ3) is 3.76. The van der Waals surface area contributed by atoms with Gasteiger partial charge < -0.3 is 25.4 Å². The highest BCUT2D eigenvalue weighted by atomic mass is 32.1. The van der Waals surface area contributed by atoms with E-state index in [1.54, 1.807) is 6.07 Å². The van der Waals surface area contributed by atoms with E-state index in [2.05, 4.69) is 30.9 Å². The number of ether oxygens (including phenoxy) is 2. The van der Waals surface area contributed by atoms with Crippen LogP contribution in [0.4, 0.5) is 21.7 Å². The van der Waals surface area contributed by atoms with Crippen LogP contribution >= 0.6 is 11.3 Å². The van der Waals surface area contributed by atoms with E-state index in [-0.39, 0.29) is 23.2 Å². The van der Waals surface area contributed by atoms with E-state index in [0.29, 0.717) is 43.6 Å². The number of pyridine rings is 1. The minimum atomic E-state index is -0.699. The van der Waals surface area contributed by atoms with E-state index in [1.165, 1.54) is 17.4 Å². The van der Waals surface area contributed by atoms with Crippen molar-refractivity contribution in [2.45, 2.75) is 6.92 Å². The number of aromatic nitrogens is 3. The van der Waals surface area contributed by atoms with E-state index in [0.717, 1.165) is 26.7 Å². The molecule has 0 aliphatic carbocycles. The number of fused-ring (bicyclic) bond motifs is 5. The first-order chi connectivity index (χ1) is 16.5. The first kappa shape index (κ1) is 21.0. The lowest BCUT2D eigenvalue weighted by Gasteiger charge is -2.37. The number of hydrogen-bond donors (Lipinski definition) is 3. The van der Waals surface area contributed by atoms with Crippen molar-refractivity contribution < 1.29 is 18.7 Å². The van der Waals surface area contributed by atoms with Crippen LogP contribution in [0.5, 0.6) is 6.01 Å². The molecule has 3 N–H and O–H groups in total. The molecule has 0 spiro atoms. The highest BCUT2D eigenvalue weighted by molar-refractivity contribution is 7.21. The summed E-state index contributed by atoms with van der Waals surface area (Å²) < 4.78 is 25.9. The molecule has 6 rings (SSSR count). The van der Waals surface area contributed by atoms with Gasteiger partial charge in [0.1, 0.15) is 23.1 Å². The van der Waals surface area contributed by atoms with E-state index in [4.69, 9.17) is 9.47 Å². The Kier molecular flexibility index (Phi) is 4.96. The lowest BCUT2D eigenvalue weighted by molar-refractivity contribution is -0.121. The molecule has 0 bridgehead atoms. The van der Waals surface area contributed by atoms with Crippen LogP contribution in [0.25, 0.3) is 21.0 Å². The molecular weight excluding hydrogens is 459 g/mol. The Bertz CT molecular complexity index is 1440. The summed E-state index contributed by atoms with van der Waals surface area (Å²) in [6.07, 6.45) is 0. The van der Waals surface area contributed by atoms with E-state index in [9.17, 15) is 9.18 Å². The zero-order chi connectivity index (χ0) is 23.3. The molecular formula is C23H21FN6O3S. The van der Waals surface area contributed by atoms with E-state index in [1.807, 2.05) is 25.1 Å². The molecule has 5 heterocycles. The fourth-order valence-corrected chi connectivity index (χ4v) is 5.18. The van der Waals surface area contributed by atoms with Gasteiger partial charge in [-0.1, -0.05) is 6.92 Å². The number of carbonyl (C=O) groups is 1. The van der Waals surface area contributed by atoms with Crippen LogP contribution in [0.2, 0.25) is 0 Å². The van der Waals surface area contributed by atoms with E-state index < -0.39 is 5.95 Å². The minimum Gasteiger partial charge on any atom is -0.463 e. The Morgan fingerprint density at radius 2 is 2.00 bits per heavy atom. The molecule has 174 valence electrons. The summed E-state index contributed by atoms with van der Waals surface area (Å²) in [7, 11) is 0. The monoisotopic (exact) mass is 480 g/mol. The maximum atomic E-state index is 14.1. The number of carbonyl (C=O) groups excluding carboxylic acids is 1. The largest absolute Gasteiger partial charge is 0.463 e. The zero-order valence-corrected chi connectivity index (χ0v) is 19.1. The topological polar surface area (TPSA) is 110 Å². The van der Waals surface area contributed by atoms with E-state index >= 15 is 0 Å². The van der Waals surface area contributed by atoms with Crippen molar-refractivity contribution >= 4 is 55.6 Å². The molecule has 4 aromatic rings. The van der Waals surface area contributed by atoms with Gasteiger partial charge in [0.15, 0.2) is 0 Å². The SMILES string of the molecule is CC1(COc2nc(F)cc(Nc3ccc4c(ccc5sc6c(c54)NCCNC6=O)n3)n2)COC1. The van der Waals surface area contributed by atoms with Crippen LogP contribution in [0.3, 0.4) is 0 Å². The van der Waals surface area contributed by atoms with Crippen LogP contribution in [-0.2, 0) is 4.74 Å². The fourth-order valence-electron chi connectivity index (χ4n) is 4.07. The van der Waals surface area contributed by atoms with Crippen molar-refractivity contribution in [3.8, 4) is 6.01 Å². The Morgan fingerprint density at radius 3 is 2.82 bits per heavy atom. The third-order valence-corrected chi connectivity index (χ3v) is 6.98. The molecule has 0 atom stereocenters. The predicted molar refractivity (Wildman–Crippen MR) is 128 cm³/mol. The fraction of sp³-hybridized carbons (Fsp3) is 0.304. The summed E-state index contributed by atoms with van der Waals surface area (Å²) in [5.74, 6) is -0.0194. The first-order valence-electron chi connectivity index (χ1n) is 10.9. The smallest absolute Gasteiger partial charge is 0.321 e. The van der Waals surface area contributed by atoms with Gasteiger partial charge in [-0.3, -0.25) is 4.79 Å². The van der Waals surface area contributed by atoms with Gasteiger partial charge in [0.2, 0.25) is 5.95 Å². The Hall–Kier alpha value is -3.57. The van der Waals surface area contributed by atoms with Gasteiger partial charge in [-0.25, -0.2) is 4.98 Å². The normalized spacial score (nSPS) is 16.8. The van der Waals surface area contributed by atoms with Crippen LogP contribution in [0, 0.1) is 11.4 Å². The number of amides is 1. The van der Waals surface area contributed by atoms with Gasteiger partial charge in [0, 0.05) is 40.0 Å². The predicted octanol–water partition coefficient (Wildman–Crippen LogP) is 3.69. The summed E-state index contributed by atoms with van der Waals surface area (Å²) in [5.41, 5.74) is 1.48. The average molecular weight is 481 g/mol. The summed E-state index contributed by atoms with van der Waals surface area (Å²) in [5, 5.41) is 11.2. The van der Waals surface area contributed by atoms with Gasteiger partial charge in [0.25, 0.3) is 5.91 Å². The van der Waals surface area contributed by atoms with Gasteiger partial charge in [-0.05, 0) is 24.3 Å². The maximum absolute atomic E-state index is 14.1. The lowest BCUT2D eigenvalue weighted by atomic mass is 9.90. The van der Waals surface area contributed by atoms with Crippen molar-refractivity contribution in [3.05, 3.63) is 41.2 Å². The van der Waals surface area contributed by atoms with Gasteiger partial charge in [-0.15, -0.1) is 11.3 Å². The molecule has 9 nitrogen and oxygen atoms in total. The number of anilines is 3. The second-order valence-corrected chi connectivity index (χ2v) is 9.82. The highest BCUT2D eigenvalue weighted by Gasteiger charge is 2.34. The molecule has 1 fully saturated rings. The second-order valence-electron chi connectivity index (χ2n) is 8.77. The Morgan fingerprint density at radius 1 is 1.15 bits per heavy atom. The number of hydrogen-bond acceptors (Lipinski definition) is 9. The van der Waals surface area contributed by atoms with Gasteiger partial charge >= 0.3 is 6.01 Å². The third-order valence-electron chi connectivity index (χ3n) is 5.82. The molecule has 2 aliphatic rings. The van der Waals surface area contributed by atoms with Gasteiger partial charge in [-0.2, -0.15) is 14.4 Å². The number of nitrogens with one attached hydrogen (secondary N) is 3. The van der Waals surface area contributed by atoms with Crippen LogP contribution in [-0.4, -0.2) is 53.8 Å². The zero-order valence-electron chi connectivity index (χ0n) is 18.3. The number of nitrogens with zero attached hydrogens (tertiary/aromatic N) is 3. The molecule has 0 radical (unpaired) electrons. The van der Waals surface area contributed by atoms with Crippen molar-refractivity contribution in [2.75, 3.05) is 43.5 Å². The van der Waals surface area contributed by atoms with Crippen LogP contribution < -0.4 is 20.7 Å². The van der Waals surface area contributed by atoms with Crippen molar-refractivity contribution in [3.63, 3.8) is 0 Å². The van der Waals surface area contributed by atoms with Crippen molar-refractivity contribution in [1.82, 2.24) is 20.3 Å². The number of benzene rings is 1. The van der Waals surface area contributed by atoms with Crippen molar-refractivity contribution in [2.24, 2.45) is 5.41 Å². The molecule has 1 saturated heterocycles. The molecule has 34 heavy (non-hydrogen) atoms. The quantitative estimate of drug-likeness (QED) is 0.371. The number of rotatable bonds is 5. The van der Waals surface area contributed by atoms with Crippen LogP contribution in [0.1, 0.15) is 16.6 Å². The number of thiophene rings is 1. The maximum Gasteiger partial charge on any atom is 0.321 e. The standard InChI is InChI=1S/C23H21FN6O3S/c1-23(9-32-10-23)11-33-22-28-15(24)8-17(30-22)29-16-5-2-12-13(27-16)3-4-14-18(12)19-20(34-14)21(31)26-7-6-25-19/h2-5,8,25H,6-7,9-11H2,1H3,(H,26,31)(H,27,28,29,30). The minimum absolute atomic E-state index is 0.0385. The molecule has 1 aromatic carbocycles. The summed E-state index contributed by atoms with van der Waals surface area (Å²) in [4.78, 5) is 25.8. The molecule has 0 unspecified atom stereocenters. The molecule has 3 aromatic heterocycles. The summed E-state index contributed by atoms with van der Waals surface area (Å²) in [6, 6.07) is 8.77. The summed E-state index contributed by atoms with van der Waals surface area (Å²) in [6.45, 7) is 4.79. The molecule has 0 saturated carbocycles. The van der Waals surface area contributed by atoms with Gasteiger partial charge in [0.05, 0.1) is 24.4 Å². The first-order valence-corrected chi connectivity index (χ1v) is 11.7. The van der Waals surface area contributed by atoms with Crippen LogP contribution in [0.15, 0.2) is 30.3 Å². The average Bonchev–Trinajstić information content (AvgIpc) is 3.08. The molecule has 11 heteroatoms. The number of halogens is 1. The van der Waals surface area contributed by atoms with Crippen molar-refractivity contribution in [1.29, 1.82) is 0 Å². The summed E-state index contributed by atoms with van der Waals surface area (Å²) >= 11 is 1.46. The Balaban J connectivity index is 1.30. The molecule has 1 amide bonds. The highest BCUT2D eigenvalue weighted by Crippen LogP contribution is 2.40. The molecule has 2 aliphatic heterocycles. The second kappa shape index (κ2) is 8.03. The lowest BCUT2D eigenvalue weighted by Crippen LogP contribution is -2.44.